The topological polar surface area (TPSA) is 64.1 Å². The molecule has 1 atom stereocenters. The van der Waals surface area contributed by atoms with Crippen LogP contribution < -0.4 is 15.4 Å². The van der Waals surface area contributed by atoms with Crippen LogP contribution in [0.3, 0.4) is 0 Å². The summed E-state index contributed by atoms with van der Waals surface area (Å²) in [6, 6.07) is 15.8. The fraction of sp³-hybridized carbons (Fsp3) is 0.458. The van der Waals surface area contributed by atoms with Crippen LogP contribution >= 0.6 is 11.6 Å². The van der Waals surface area contributed by atoms with Gasteiger partial charge in [-0.15, -0.1) is 0 Å². The average Bonchev–Trinajstić information content (AvgIpc) is 2.80. The van der Waals surface area contributed by atoms with Gasteiger partial charge in [0.2, 0.25) is 0 Å². The molecule has 6 nitrogen and oxygen atoms in total. The Bertz CT molecular complexity index is 823. The van der Waals surface area contributed by atoms with Gasteiger partial charge >= 0.3 is 0 Å². The summed E-state index contributed by atoms with van der Waals surface area (Å²) >= 11 is 5.91. The van der Waals surface area contributed by atoms with E-state index in [-0.39, 0.29) is 6.10 Å². The fourth-order valence-electron chi connectivity index (χ4n) is 3.32. The molecule has 0 bridgehead atoms. The minimum atomic E-state index is -0.0228. The predicted molar refractivity (Wildman–Crippen MR) is 125 cm³/mol. The van der Waals surface area contributed by atoms with Crippen molar-refractivity contribution in [3.63, 3.8) is 0 Å². The number of guanidine groups is 1. The molecule has 2 aromatic carbocycles. The summed E-state index contributed by atoms with van der Waals surface area (Å²) in [6.07, 6.45) is 2.23. The summed E-state index contributed by atoms with van der Waals surface area (Å²) in [7, 11) is 1.76. The molecule has 0 amide bonds. The van der Waals surface area contributed by atoms with Gasteiger partial charge in [-0.2, -0.15) is 0 Å². The molecule has 1 aliphatic heterocycles. The van der Waals surface area contributed by atoms with Gasteiger partial charge in [-0.1, -0.05) is 35.9 Å². The van der Waals surface area contributed by atoms with Crippen molar-refractivity contribution in [3.8, 4) is 5.75 Å². The van der Waals surface area contributed by atoms with Crippen LogP contribution in [0.15, 0.2) is 53.5 Å². The molecule has 0 saturated carbocycles. The van der Waals surface area contributed by atoms with Crippen LogP contribution in [-0.2, 0) is 22.6 Å². The molecule has 0 aliphatic carbocycles. The van der Waals surface area contributed by atoms with Crippen molar-refractivity contribution >= 4 is 17.6 Å². The van der Waals surface area contributed by atoms with Crippen LogP contribution in [-0.4, -0.2) is 45.0 Å². The van der Waals surface area contributed by atoms with E-state index in [9.17, 15) is 0 Å². The summed E-state index contributed by atoms with van der Waals surface area (Å²) in [6.45, 7) is 5.54. The highest BCUT2D eigenvalue weighted by atomic mass is 35.5. The van der Waals surface area contributed by atoms with E-state index in [1.54, 1.807) is 7.05 Å². The van der Waals surface area contributed by atoms with Crippen molar-refractivity contribution in [1.82, 2.24) is 10.6 Å². The SMILES string of the molecule is CN=C(NCc1cccc(COC2CCOCC2)c1)NCC(C)Oc1ccc(Cl)cc1. The molecule has 1 saturated heterocycles. The molecule has 0 aromatic heterocycles. The van der Waals surface area contributed by atoms with E-state index in [0.29, 0.717) is 30.8 Å². The summed E-state index contributed by atoms with van der Waals surface area (Å²) in [4.78, 5) is 4.30. The third kappa shape index (κ3) is 8.40. The van der Waals surface area contributed by atoms with Crippen LogP contribution in [0.25, 0.3) is 0 Å². The van der Waals surface area contributed by atoms with Gasteiger partial charge in [0.15, 0.2) is 5.96 Å². The van der Waals surface area contributed by atoms with Crippen LogP contribution in [0.2, 0.25) is 5.02 Å². The second kappa shape index (κ2) is 12.5. The smallest absolute Gasteiger partial charge is 0.191 e. The summed E-state index contributed by atoms with van der Waals surface area (Å²) in [5, 5.41) is 7.36. The van der Waals surface area contributed by atoms with Crippen LogP contribution in [0.1, 0.15) is 30.9 Å². The number of nitrogens with one attached hydrogen (secondary N) is 2. The highest BCUT2D eigenvalue weighted by Gasteiger charge is 2.14. The van der Waals surface area contributed by atoms with E-state index in [1.165, 1.54) is 11.1 Å². The molecule has 3 rings (SSSR count). The Hall–Kier alpha value is -2.28. The quantitative estimate of drug-likeness (QED) is 0.448. The Morgan fingerprint density at radius 2 is 1.87 bits per heavy atom. The molecular formula is C24H32ClN3O3. The number of ether oxygens (including phenoxy) is 3. The van der Waals surface area contributed by atoms with Crippen LogP contribution in [0.5, 0.6) is 5.75 Å². The van der Waals surface area contributed by atoms with E-state index in [2.05, 4.69) is 39.9 Å². The average molecular weight is 446 g/mol. The number of halogens is 1. The van der Waals surface area contributed by atoms with E-state index in [0.717, 1.165) is 37.8 Å². The maximum atomic E-state index is 6.03. The maximum Gasteiger partial charge on any atom is 0.191 e. The molecule has 0 spiro atoms. The lowest BCUT2D eigenvalue weighted by Crippen LogP contribution is -2.41. The molecule has 1 unspecified atom stereocenters. The van der Waals surface area contributed by atoms with Gasteiger partial charge in [0.25, 0.3) is 0 Å². The van der Waals surface area contributed by atoms with E-state index < -0.39 is 0 Å². The number of aliphatic imine (C=N–C) groups is 1. The lowest BCUT2D eigenvalue weighted by molar-refractivity contribution is -0.0390. The van der Waals surface area contributed by atoms with Gasteiger partial charge in [0.05, 0.1) is 19.3 Å². The molecule has 2 aromatic rings. The molecule has 0 radical (unpaired) electrons. The van der Waals surface area contributed by atoms with Crippen molar-refractivity contribution in [2.24, 2.45) is 4.99 Å². The maximum absolute atomic E-state index is 6.03. The molecule has 2 N–H and O–H groups in total. The Balaban J connectivity index is 1.40. The van der Waals surface area contributed by atoms with Crippen LogP contribution in [0.4, 0.5) is 0 Å². The van der Waals surface area contributed by atoms with E-state index in [4.69, 9.17) is 25.8 Å². The normalized spacial score (nSPS) is 16.0. The number of hydrogen-bond acceptors (Lipinski definition) is 4. The lowest BCUT2D eigenvalue weighted by atomic mass is 10.1. The number of rotatable bonds is 9. The summed E-state index contributed by atoms with van der Waals surface area (Å²) < 4.78 is 17.3. The number of benzene rings is 2. The lowest BCUT2D eigenvalue weighted by Gasteiger charge is -2.22. The first-order valence-electron chi connectivity index (χ1n) is 10.8. The van der Waals surface area contributed by atoms with Gasteiger partial charge in [-0.3, -0.25) is 4.99 Å². The van der Waals surface area contributed by atoms with Gasteiger partial charge in [0.1, 0.15) is 11.9 Å². The van der Waals surface area contributed by atoms with Crippen molar-refractivity contribution in [2.45, 2.75) is 45.1 Å². The fourth-order valence-corrected chi connectivity index (χ4v) is 3.45. The van der Waals surface area contributed by atoms with Crippen molar-refractivity contribution in [3.05, 3.63) is 64.7 Å². The monoisotopic (exact) mass is 445 g/mol. The van der Waals surface area contributed by atoms with Gasteiger partial charge < -0.3 is 24.8 Å². The van der Waals surface area contributed by atoms with Crippen LogP contribution in [0, 0.1) is 0 Å². The number of nitrogens with zero attached hydrogens (tertiary/aromatic N) is 1. The first-order valence-corrected chi connectivity index (χ1v) is 11.1. The van der Waals surface area contributed by atoms with Crippen molar-refractivity contribution in [2.75, 3.05) is 26.8 Å². The van der Waals surface area contributed by atoms with Crippen molar-refractivity contribution < 1.29 is 14.2 Å². The second-order valence-electron chi connectivity index (χ2n) is 7.63. The van der Waals surface area contributed by atoms with E-state index >= 15 is 0 Å². The third-order valence-corrected chi connectivity index (χ3v) is 5.29. The van der Waals surface area contributed by atoms with Gasteiger partial charge in [0, 0.05) is 31.8 Å². The molecule has 7 heteroatoms. The zero-order chi connectivity index (χ0) is 21.9. The Kier molecular flexibility index (Phi) is 9.46. The van der Waals surface area contributed by atoms with E-state index in [1.807, 2.05) is 31.2 Å². The first kappa shape index (κ1) is 23.4. The molecule has 168 valence electrons. The van der Waals surface area contributed by atoms with Gasteiger partial charge in [-0.25, -0.2) is 0 Å². The van der Waals surface area contributed by atoms with Gasteiger partial charge in [-0.05, 0) is 55.2 Å². The summed E-state index contributed by atoms with van der Waals surface area (Å²) in [5.41, 5.74) is 2.36. The molecule has 1 fully saturated rings. The Morgan fingerprint density at radius 1 is 1.13 bits per heavy atom. The first-order chi connectivity index (χ1) is 15.1. The molecular weight excluding hydrogens is 414 g/mol. The number of hydrogen-bond donors (Lipinski definition) is 2. The predicted octanol–water partition coefficient (Wildman–Crippen LogP) is 4.17. The largest absolute Gasteiger partial charge is 0.489 e. The standard InChI is InChI=1S/C24H32ClN3O3/c1-18(31-23-8-6-21(25)7-9-23)15-27-24(26-2)28-16-19-4-3-5-20(14-19)17-30-22-10-12-29-13-11-22/h3-9,14,18,22H,10-13,15-17H2,1-2H3,(H2,26,27,28). The third-order valence-electron chi connectivity index (χ3n) is 5.04. The minimum Gasteiger partial charge on any atom is -0.489 e. The molecule has 1 aliphatic rings. The highest BCUT2D eigenvalue weighted by Crippen LogP contribution is 2.17. The zero-order valence-electron chi connectivity index (χ0n) is 18.3. The Morgan fingerprint density at radius 3 is 2.61 bits per heavy atom. The molecule has 31 heavy (non-hydrogen) atoms. The minimum absolute atomic E-state index is 0.0228. The summed E-state index contributed by atoms with van der Waals surface area (Å²) in [5.74, 6) is 1.52. The molecule has 1 heterocycles. The Labute approximate surface area is 190 Å². The second-order valence-corrected chi connectivity index (χ2v) is 8.07. The zero-order valence-corrected chi connectivity index (χ0v) is 19.0. The van der Waals surface area contributed by atoms with Crippen molar-refractivity contribution in [1.29, 1.82) is 0 Å². The highest BCUT2D eigenvalue weighted by molar-refractivity contribution is 6.30.